The number of aliphatic imine (C=N–C) groups is 1. The molecule has 0 saturated carbocycles. The van der Waals surface area contributed by atoms with Gasteiger partial charge < -0.3 is 11.5 Å². The van der Waals surface area contributed by atoms with Crippen molar-refractivity contribution >= 4 is 23.0 Å². The van der Waals surface area contributed by atoms with Gasteiger partial charge in [-0.15, -0.1) is 0 Å². The molecule has 0 radical (unpaired) electrons. The molecule has 0 aliphatic heterocycles. The number of guanidine groups is 1. The number of carbonyl (C=O) groups is 1. The standard InChI is InChI=1S/C21H24FN3O/c1-4-14(5-2)17-11-10-15(20(26)25-21(23)24)12-18(17)13(3)16-8-6-7-9-19(16)22/h6-12H,4-5H2,1-3H3,(H4,23,24,25,26)/b18-13+. The first kappa shape index (κ1) is 19.4. The first-order valence-electron chi connectivity index (χ1n) is 8.60. The molecule has 2 aromatic rings. The molecular weight excluding hydrogens is 329 g/mol. The van der Waals surface area contributed by atoms with Gasteiger partial charge in [-0.25, -0.2) is 4.39 Å². The number of carbonyl (C=O) groups excluding carboxylic acids is 1. The van der Waals surface area contributed by atoms with Gasteiger partial charge in [-0.1, -0.05) is 43.7 Å². The van der Waals surface area contributed by atoms with Crippen LogP contribution < -0.4 is 21.9 Å². The van der Waals surface area contributed by atoms with Gasteiger partial charge in [0.2, 0.25) is 0 Å². The monoisotopic (exact) mass is 353 g/mol. The van der Waals surface area contributed by atoms with E-state index in [1.165, 1.54) is 11.6 Å². The zero-order valence-corrected chi connectivity index (χ0v) is 15.3. The van der Waals surface area contributed by atoms with Crippen molar-refractivity contribution in [3.8, 4) is 0 Å². The highest BCUT2D eigenvalue weighted by Crippen LogP contribution is 2.15. The van der Waals surface area contributed by atoms with Gasteiger partial charge in [0.25, 0.3) is 5.91 Å². The molecule has 0 bridgehead atoms. The summed E-state index contributed by atoms with van der Waals surface area (Å²) in [6.45, 7) is 6.02. The van der Waals surface area contributed by atoms with Crippen LogP contribution >= 0.6 is 0 Å². The van der Waals surface area contributed by atoms with E-state index in [9.17, 15) is 9.18 Å². The van der Waals surface area contributed by atoms with Gasteiger partial charge in [0.1, 0.15) is 5.82 Å². The Kier molecular flexibility index (Phi) is 6.28. The molecule has 0 unspecified atom stereocenters. The van der Waals surface area contributed by atoms with Crippen LogP contribution in [-0.2, 0) is 0 Å². The number of rotatable bonds is 4. The van der Waals surface area contributed by atoms with Crippen LogP contribution in [0, 0.1) is 5.82 Å². The van der Waals surface area contributed by atoms with E-state index in [-0.39, 0.29) is 11.8 Å². The summed E-state index contributed by atoms with van der Waals surface area (Å²) in [6, 6.07) is 11.9. The minimum Gasteiger partial charge on any atom is -0.370 e. The molecule has 0 fully saturated rings. The Hall–Kier alpha value is -2.95. The summed E-state index contributed by atoms with van der Waals surface area (Å²) in [5, 5.41) is 1.82. The van der Waals surface area contributed by atoms with Crippen molar-refractivity contribution in [3.63, 3.8) is 0 Å². The summed E-state index contributed by atoms with van der Waals surface area (Å²) in [4.78, 5) is 15.8. The minimum atomic E-state index is -0.520. The van der Waals surface area contributed by atoms with E-state index >= 15 is 0 Å². The highest BCUT2D eigenvalue weighted by molar-refractivity contribution is 6.01. The minimum absolute atomic E-state index is 0.287. The first-order valence-corrected chi connectivity index (χ1v) is 8.60. The molecule has 136 valence electrons. The Bertz CT molecular complexity index is 967. The zero-order valence-electron chi connectivity index (χ0n) is 15.3. The Labute approximate surface area is 152 Å². The molecule has 4 nitrogen and oxygen atoms in total. The predicted molar refractivity (Wildman–Crippen MR) is 104 cm³/mol. The number of hydrogen-bond acceptors (Lipinski definition) is 1. The lowest BCUT2D eigenvalue weighted by Crippen LogP contribution is -2.31. The van der Waals surface area contributed by atoms with Gasteiger partial charge in [-0.3, -0.25) is 4.79 Å². The average Bonchev–Trinajstić information content (AvgIpc) is 2.62. The molecule has 0 spiro atoms. The van der Waals surface area contributed by atoms with E-state index in [2.05, 4.69) is 18.8 Å². The van der Waals surface area contributed by atoms with Crippen LogP contribution in [0.4, 0.5) is 4.39 Å². The predicted octanol–water partition coefficient (Wildman–Crippen LogP) is 2.43. The van der Waals surface area contributed by atoms with E-state index in [1.54, 1.807) is 30.3 Å². The lowest BCUT2D eigenvalue weighted by atomic mass is 9.97. The molecule has 0 atom stereocenters. The summed E-state index contributed by atoms with van der Waals surface area (Å²) >= 11 is 0. The fourth-order valence-electron chi connectivity index (χ4n) is 3.02. The second-order valence-electron chi connectivity index (χ2n) is 6.02. The number of halogens is 1. The first-order chi connectivity index (χ1) is 12.4. The SMILES string of the molecule is CCC(CC)=c1ccc(C(=O)N=C(N)N)c/c1=C(/C)c1ccccc1F. The van der Waals surface area contributed by atoms with Gasteiger partial charge in [0.05, 0.1) is 0 Å². The summed E-state index contributed by atoms with van der Waals surface area (Å²) in [5.41, 5.74) is 13.5. The largest absolute Gasteiger partial charge is 0.370 e. The van der Waals surface area contributed by atoms with Crippen LogP contribution in [-0.4, -0.2) is 11.9 Å². The second-order valence-corrected chi connectivity index (χ2v) is 6.02. The summed E-state index contributed by atoms with van der Waals surface area (Å²) < 4.78 is 14.3. The highest BCUT2D eigenvalue weighted by Gasteiger charge is 2.09. The third-order valence-electron chi connectivity index (χ3n) is 4.41. The average molecular weight is 353 g/mol. The number of amides is 1. The summed E-state index contributed by atoms with van der Waals surface area (Å²) in [5.74, 6) is -1.11. The lowest BCUT2D eigenvalue weighted by molar-refractivity contribution is 0.100. The molecule has 26 heavy (non-hydrogen) atoms. The fourth-order valence-corrected chi connectivity index (χ4v) is 3.02. The van der Waals surface area contributed by atoms with Crippen LogP contribution in [0.3, 0.4) is 0 Å². The Balaban J connectivity index is 2.90. The number of hydrogen-bond donors (Lipinski definition) is 2. The normalized spacial score (nSPS) is 11.7. The van der Waals surface area contributed by atoms with Crippen LogP contribution in [0.15, 0.2) is 47.5 Å². The van der Waals surface area contributed by atoms with Gasteiger partial charge in [0.15, 0.2) is 5.96 Å². The quantitative estimate of drug-likeness (QED) is 0.654. The van der Waals surface area contributed by atoms with Crippen molar-refractivity contribution in [1.82, 2.24) is 0 Å². The van der Waals surface area contributed by atoms with Crippen LogP contribution in [0.1, 0.15) is 49.5 Å². The van der Waals surface area contributed by atoms with E-state index in [1.807, 2.05) is 13.0 Å². The van der Waals surface area contributed by atoms with Crippen molar-refractivity contribution in [2.75, 3.05) is 0 Å². The molecule has 0 aromatic heterocycles. The molecule has 5 heteroatoms. The molecule has 4 N–H and O–H groups in total. The van der Waals surface area contributed by atoms with Gasteiger partial charge >= 0.3 is 0 Å². The topological polar surface area (TPSA) is 81.5 Å². The number of nitrogens with zero attached hydrogens (tertiary/aromatic N) is 1. The van der Waals surface area contributed by atoms with E-state index in [4.69, 9.17) is 11.5 Å². The molecule has 2 aromatic carbocycles. The van der Waals surface area contributed by atoms with Crippen molar-refractivity contribution in [1.29, 1.82) is 0 Å². The third-order valence-corrected chi connectivity index (χ3v) is 4.41. The third kappa shape index (κ3) is 4.17. The summed E-state index contributed by atoms with van der Waals surface area (Å²) in [7, 11) is 0. The van der Waals surface area contributed by atoms with Gasteiger partial charge in [-0.05, 0) is 54.0 Å². The van der Waals surface area contributed by atoms with Crippen LogP contribution in [0.5, 0.6) is 0 Å². The summed E-state index contributed by atoms with van der Waals surface area (Å²) in [6.07, 6.45) is 1.74. The molecule has 2 rings (SSSR count). The van der Waals surface area contributed by atoms with Crippen molar-refractivity contribution in [2.45, 2.75) is 33.6 Å². The fraction of sp³-hybridized carbons (Fsp3) is 0.238. The smallest absolute Gasteiger partial charge is 0.280 e. The molecular formula is C21H24FN3O. The lowest BCUT2D eigenvalue weighted by Gasteiger charge is -2.08. The van der Waals surface area contributed by atoms with Crippen LogP contribution in [0.25, 0.3) is 11.1 Å². The molecule has 0 aliphatic rings. The zero-order chi connectivity index (χ0) is 19.3. The number of nitrogens with two attached hydrogens (primary N) is 2. The van der Waals surface area contributed by atoms with Gasteiger partial charge in [-0.2, -0.15) is 4.99 Å². The highest BCUT2D eigenvalue weighted by atomic mass is 19.1. The van der Waals surface area contributed by atoms with E-state index in [0.29, 0.717) is 11.1 Å². The maximum Gasteiger partial charge on any atom is 0.280 e. The Morgan fingerprint density at radius 2 is 1.69 bits per heavy atom. The maximum atomic E-state index is 14.3. The van der Waals surface area contributed by atoms with Crippen molar-refractivity contribution < 1.29 is 9.18 Å². The van der Waals surface area contributed by atoms with E-state index in [0.717, 1.165) is 28.9 Å². The van der Waals surface area contributed by atoms with Crippen molar-refractivity contribution in [3.05, 3.63) is 69.8 Å². The molecule has 0 heterocycles. The number of benzene rings is 2. The van der Waals surface area contributed by atoms with E-state index < -0.39 is 5.91 Å². The molecule has 0 aliphatic carbocycles. The van der Waals surface area contributed by atoms with Gasteiger partial charge in [0, 0.05) is 11.1 Å². The maximum absolute atomic E-state index is 14.3. The molecule has 1 amide bonds. The Morgan fingerprint density at radius 1 is 1.04 bits per heavy atom. The van der Waals surface area contributed by atoms with Crippen molar-refractivity contribution in [2.24, 2.45) is 16.5 Å². The second kappa shape index (κ2) is 8.43. The molecule has 0 saturated heterocycles. The van der Waals surface area contributed by atoms with Crippen LogP contribution in [0.2, 0.25) is 0 Å². The Morgan fingerprint density at radius 3 is 2.27 bits per heavy atom.